The molecule has 0 aromatic heterocycles. The number of fused-ring (bicyclic) bond motifs is 4. The molecule has 0 saturated heterocycles. The highest BCUT2D eigenvalue weighted by molar-refractivity contribution is 6.08. The summed E-state index contributed by atoms with van der Waals surface area (Å²) >= 11 is 0. The summed E-state index contributed by atoms with van der Waals surface area (Å²) in [6.45, 7) is 0. The fourth-order valence-electron chi connectivity index (χ4n) is 3.86. The predicted octanol–water partition coefficient (Wildman–Crippen LogP) is 6.15. The lowest BCUT2D eigenvalue weighted by Gasteiger charge is -2.15. The molecule has 1 unspecified atom stereocenters. The van der Waals surface area contributed by atoms with Crippen LogP contribution in [0.25, 0.3) is 27.6 Å². The second-order valence-electron chi connectivity index (χ2n) is 6.19. The summed E-state index contributed by atoms with van der Waals surface area (Å²) in [4.78, 5) is 0. The minimum atomic E-state index is 0.357. The van der Waals surface area contributed by atoms with E-state index < -0.39 is 0 Å². The molecule has 1 atom stereocenters. The lowest BCUT2D eigenvalue weighted by atomic mass is 9.88. The maximum absolute atomic E-state index is 2.33. The van der Waals surface area contributed by atoms with Crippen LogP contribution in [0.4, 0.5) is 0 Å². The van der Waals surface area contributed by atoms with Crippen molar-refractivity contribution in [3.05, 3.63) is 102 Å². The third-order valence-electron chi connectivity index (χ3n) is 4.95. The second-order valence-corrected chi connectivity index (χ2v) is 6.19. The van der Waals surface area contributed by atoms with Crippen molar-refractivity contribution in [2.45, 2.75) is 5.92 Å². The minimum Gasteiger partial charge on any atom is -0.0720 e. The van der Waals surface area contributed by atoms with Crippen LogP contribution in [0.5, 0.6) is 0 Å². The first-order valence-corrected chi connectivity index (χ1v) is 8.09. The van der Waals surface area contributed by atoms with Crippen molar-refractivity contribution in [3.63, 3.8) is 0 Å². The van der Waals surface area contributed by atoms with E-state index in [0.29, 0.717) is 5.92 Å². The van der Waals surface area contributed by atoms with Crippen LogP contribution in [0.2, 0.25) is 0 Å². The Labute approximate surface area is 135 Å². The average molecular weight is 292 g/mol. The average Bonchev–Trinajstić information content (AvgIpc) is 3.05. The molecule has 0 N–H and O–H groups in total. The summed E-state index contributed by atoms with van der Waals surface area (Å²) in [5.74, 6) is 0.357. The van der Waals surface area contributed by atoms with Gasteiger partial charge in [-0.2, -0.15) is 0 Å². The van der Waals surface area contributed by atoms with Gasteiger partial charge < -0.3 is 0 Å². The van der Waals surface area contributed by atoms with Gasteiger partial charge in [0.15, 0.2) is 0 Å². The van der Waals surface area contributed by atoms with Crippen LogP contribution in [-0.4, -0.2) is 0 Å². The molecule has 1 aliphatic rings. The van der Waals surface area contributed by atoms with E-state index in [1.807, 2.05) is 0 Å². The molecule has 0 amide bonds. The van der Waals surface area contributed by atoms with E-state index in [1.165, 1.54) is 38.2 Å². The van der Waals surface area contributed by atoms with Gasteiger partial charge in [0.25, 0.3) is 0 Å². The smallest absolute Gasteiger partial charge is 0.0284 e. The summed E-state index contributed by atoms with van der Waals surface area (Å²) in [6, 6.07) is 28.6. The molecule has 0 radical (unpaired) electrons. The zero-order valence-electron chi connectivity index (χ0n) is 12.7. The van der Waals surface area contributed by atoms with Gasteiger partial charge in [0, 0.05) is 5.92 Å². The Kier molecular flexibility index (Phi) is 2.65. The van der Waals surface area contributed by atoms with Gasteiger partial charge in [-0.3, -0.25) is 0 Å². The van der Waals surface area contributed by atoms with Gasteiger partial charge in [-0.1, -0.05) is 91.0 Å². The van der Waals surface area contributed by atoms with Gasteiger partial charge in [0.1, 0.15) is 0 Å². The molecule has 4 aromatic rings. The SMILES string of the molecule is C1=CC(c2cccc3c2ccc2ccccc23)c2ccccc21. The Morgan fingerprint density at radius 3 is 2.30 bits per heavy atom. The monoisotopic (exact) mass is 292 g/mol. The van der Waals surface area contributed by atoms with Crippen molar-refractivity contribution in [1.82, 2.24) is 0 Å². The fraction of sp³-hybridized carbons (Fsp3) is 0.0435. The molecule has 0 fully saturated rings. The Morgan fingerprint density at radius 2 is 1.30 bits per heavy atom. The molecule has 5 rings (SSSR count). The van der Waals surface area contributed by atoms with E-state index in [-0.39, 0.29) is 0 Å². The largest absolute Gasteiger partial charge is 0.0720 e. The van der Waals surface area contributed by atoms with Gasteiger partial charge in [-0.05, 0) is 38.2 Å². The van der Waals surface area contributed by atoms with E-state index in [1.54, 1.807) is 0 Å². The topological polar surface area (TPSA) is 0 Å². The molecular formula is C23H16. The second kappa shape index (κ2) is 4.82. The highest BCUT2D eigenvalue weighted by Gasteiger charge is 2.20. The first-order chi connectivity index (χ1) is 11.4. The van der Waals surface area contributed by atoms with Crippen molar-refractivity contribution in [2.75, 3.05) is 0 Å². The molecular weight excluding hydrogens is 276 g/mol. The third kappa shape index (κ3) is 1.85. The maximum Gasteiger partial charge on any atom is 0.0284 e. The first kappa shape index (κ1) is 12.7. The standard InChI is InChI=1S/C23H16/c1-3-8-18-16(6-1)13-15-23-20(18)10-5-11-21(23)22-14-12-17-7-2-4-9-19(17)22/h1-15,22H. The Balaban J connectivity index is 1.81. The molecule has 108 valence electrons. The normalized spacial score (nSPS) is 16.1. The van der Waals surface area contributed by atoms with Crippen LogP contribution < -0.4 is 0 Å². The van der Waals surface area contributed by atoms with Gasteiger partial charge >= 0.3 is 0 Å². The van der Waals surface area contributed by atoms with Crippen LogP contribution in [0.15, 0.2) is 84.9 Å². The molecule has 0 saturated carbocycles. The van der Waals surface area contributed by atoms with E-state index in [0.717, 1.165) is 0 Å². The summed E-state index contributed by atoms with van der Waals surface area (Å²) in [5.41, 5.74) is 4.15. The highest BCUT2D eigenvalue weighted by atomic mass is 14.2. The molecule has 0 bridgehead atoms. The Hall–Kier alpha value is -2.86. The molecule has 23 heavy (non-hydrogen) atoms. The fourth-order valence-corrected chi connectivity index (χ4v) is 3.86. The molecule has 0 heteroatoms. The lowest BCUT2D eigenvalue weighted by Crippen LogP contribution is -1.97. The van der Waals surface area contributed by atoms with E-state index in [9.17, 15) is 0 Å². The van der Waals surface area contributed by atoms with Crippen LogP contribution >= 0.6 is 0 Å². The molecule has 0 aliphatic heterocycles. The predicted molar refractivity (Wildman–Crippen MR) is 98.8 cm³/mol. The number of rotatable bonds is 1. The van der Waals surface area contributed by atoms with Crippen molar-refractivity contribution >= 4 is 27.6 Å². The van der Waals surface area contributed by atoms with Crippen LogP contribution in [-0.2, 0) is 0 Å². The van der Waals surface area contributed by atoms with Gasteiger partial charge in [-0.25, -0.2) is 0 Å². The van der Waals surface area contributed by atoms with Crippen LogP contribution in [0, 0.1) is 0 Å². The quantitative estimate of drug-likeness (QED) is 0.369. The Morgan fingerprint density at radius 1 is 0.522 bits per heavy atom. The summed E-state index contributed by atoms with van der Waals surface area (Å²) in [6.07, 6.45) is 4.58. The van der Waals surface area contributed by atoms with Crippen LogP contribution in [0.3, 0.4) is 0 Å². The van der Waals surface area contributed by atoms with E-state index in [4.69, 9.17) is 0 Å². The maximum atomic E-state index is 2.33. The number of hydrogen-bond donors (Lipinski definition) is 0. The highest BCUT2D eigenvalue weighted by Crippen LogP contribution is 2.39. The molecule has 0 heterocycles. The lowest BCUT2D eigenvalue weighted by molar-refractivity contribution is 1.07. The van der Waals surface area contributed by atoms with Crippen molar-refractivity contribution in [1.29, 1.82) is 0 Å². The van der Waals surface area contributed by atoms with E-state index >= 15 is 0 Å². The summed E-state index contributed by atoms with van der Waals surface area (Å²) < 4.78 is 0. The molecule has 1 aliphatic carbocycles. The van der Waals surface area contributed by atoms with E-state index in [2.05, 4.69) is 91.0 Å². The van der Waals surface area contributed by atoms with Gasteiger partial charge in [0.05, 0.1) is 0 Å². The van der Waals surface area contributed by atoms with Crippen molar-refractivity contribution < 1.29 is 0 Å². The zero-order chi connectivity index (χ0) is 15.2. The molecule has 4 aromatic carbocycles. The van der Waals surface area contributed by atoms with Crippen molar-refractivity contribution in [3.8, 4) is 0 Å². The Bertz CT molecular complexity index is 1070. The third-order valence-corrected chi connectivity index (χ3v) is 4.95. The molecule has 0 spiro atoms. The van der Waals surface area contributed by atoms with Gasteiger partial charge in [-0.15, -0.1) is 0 Å². The van der Waals surface area contributed by atoms with Gasteiger partial charge in [0.2, 0.25) is 0 Å². The summed E-state index contributed by atoms with van der Waals surface area (Å²) in [7, 11) is 0. The van der Waals surface area contributed by atoms with Crippen LogP contribution in [0.1, 0.15) is 22.6 Å². The number of allylic oxidation sites excluding steroid dienone is 1. The minimum absolute atomic E-state index is 0.357. The first-order valence-electron chi connectivity index (χ1n) is 8.09. The number of hydrogen-bond acceptors (Lipinski definition) is 0. The summed E-state index contributed by atoms with van der Waals surface area (Å²) in [5, 5.41) is 5.34. The molecule has 0 nitrogen and oxygen atoms in total. The number of benzene rings is 4. The van der Waals surface area contributed by atoms with Crippen molar-refractivity contribution in [2.24, 2.45) is 0 Å². The zero-order valence-corrected chi connectivity index (χ0v) is 12.7.